The third-order valence-electron chi connectivity index (χ3n) is 5.29. The van der Waals surface area contributed by atoms with Crippen molar-refractivity contribution in [1.29, 1.82) is 5.26 Å². The number of nitriles is 1. The molecule has 34 heavy (non-hydrogen) atoms. The number of esters is 1. The maximum atomic E-state index is 12.6. The van der Waals surface area contributed by atoms with Crippen molar-refractivity contribution in [3.63, 3.8) is 0 Å². The van der Waals surface area contributed by atoms with Crippen LogP contribution in [-0.4, -0.2) is 38.7 Å². The summed E-state index contributed by atoms with van der Waals surface area (Å²) in [7, 11) is -1.84. The van der Waals surface area contributed by atoms with Gasteiger partial charge in [0.1, 0.15) is 24.1 Å². The molecule has 2 aromatic carbocycles. The van der Waals surface area contributed by atoms with Crippen molar-refractivity contribution < 1.29 is 22.7 Å². The number of rotatable bonds is 10. The van der Waals surface area contributed by atoms with E-state index in [4.69, 9.17) is 9.47 Å². The van der Waals surface area contributed by atoms with Crippen LogP contribution in [0.4, 0.5) is 0 Å². The van der Waals surface area contributed by atoms with Crippen LogP contribution in [-0.2, 0) is 28.2 Å². The minimum Gasteiger partial charge on any atom is -0.492 e. The lowest BCUT2D eigenvalue weighted by Crippen LogP contribution is -2.28. The maximum Gasteiger partial charge on any atom is 0.355 e. The van der Waals surface area contributed by atoms with Gasteiger partial charge in [0.05, 0.1) is 17.1 Å². The monoisotopic (exact) mass is 481 g/mol. The number of hydrogen-bond donors (Lipinski definition) is 1. The van der Waals surface area contributed by atoms with E-state index in [1.54, 1.807) is 61.0 Å². The number of carbonyl (C=O) groups excluding carboxylic acids is 1. The third kappa shape index (κ3) is 5.30. The molecular formula is C25H27N3O5S. The minimum atomic E-state index is -3.59. The number of sulfonamides is 1. The highest BCUT2D eigenvalue weighted by molar-refractivity contribution is 7.89. The summed E-state index contributed by atoms with van der Waals surface area (Å²) in [5.41, 5.74) is 2.75. The predicted molar refractivity (Wildman–Crippen MR) is 128 cm³/mol. The first-order chi connectivity index (χ1) is 16.3. The van der Waals surface area contributed by atoms with Crippen molar-refractivity contribution in [3.05, 3.63) is 71.5 Å². The number of aromatic nitrogens is 1. The fourth-order valence-corrected chi connectivity index (χ4v) is 4.77. The molecule has 0 fully saturated rings. The average Bonchev–Trinajstić information content (AvgIpc) is 3.14. The molecule has 0 radical (unpaired) electrons. The smallest absolute Gasteiger partial charge is 0.355 e. The predicted octanol–water partition coefficient (Wildman–Crippen LogP) is 3.66. The highest BCUT2D eigenvalue weighted by Crippen LogP contribution is 2.34. The fraction of sp³-hybridized carbons (Fsp3) is 0.280. The van der Waals surface area contributed by atoms with Crippen molar-refractivity contribution in [2.24, 2.45) is 7.05 Å². The Labute approximate surface area is 199 Å². The van der Waals surface area contributed by atoms with Crippen LogP contribution < -0.4 is 9.46 Å². The first-order valence-electron chi connectivity index (χ1n) is 10.9. The number of hydrogen-bond acceptors (Lipinski definition) is 6. The van der Waals surface area contributed by atoms with Crippen LogP contribution in [0.3, 0.4) is 0 Å². The van der Waals surface area contributed by atoms with Crippen LogP contribution in [0.5, 0.6) is 5.75 Å². The van der Waals surface area contributed by atoms with Crippen LogP contribution in [0.1, 0.15) is 35.6 Å². The average molecular weight is 482 g/mol. The normalized spacial score (nSPS) is 11.1. The molecule has 1 aromatic heterocycles. The maximum absolute atomic E-state index is 12.6. The van der Waals surface area contributed by atoms with Crippen molar-refractivity contribution in [3.8, 4) is 22.9 Å². The molecule has 3 aromatic rings. The molecule has 0 aliphatic carbocycles. The lowest BCUT2D eigenvalue weighted by atomic mass is 10.00. The summed E-state index contributed by atoms with van der Waals surface area (Å²) < 4.78 is 39.6. The minimum absolute atomic E-state index is 0.100. The van der Waals surface area contributed by atoms with Crippen LogP contribution in [0.15, 0.2) is 59.5 Å². The zero-order chi connectivity index (χ0) is 24.7. The van der Waals surface area contributed by atoms with Crippen molar-refractivity contribution in [2.75, 3.05) is 19.8 Å². The Balaban J connectivity index is 1.75. The van der Waals surface area contributed by atoms with Gasteiger partial charge in [-0.2, -0.15) is 5.26 Å². The van der Waals surface area contributed by atoms with Gasteiger partial charge in [-0.05, 0) is 43.2 Å². The molecule has 178 valence electrons. The summed E-state index contributed by atoms with van der Waals surface area (Å²) in [5, 5.41) is 9.79. The summed E-state index contributed by atoms with van der Waals surface area (Å²) in [6.07, 6.45) is 0.589. The van der Waals surface area contributed by atoms with Gasteiger partial charge in [-0.1, -0.05) is 37.3 Å². The summed E-state index contributed by atoms with van der Waals surface area (Å²) in [4.78, 5) is 12.8. The number of nitrogens with zero attached hydrogens (tertiary/aromatic N) is 2. The second-order valence-corrected chi connectivity index (χ2v) is 9.14. The fourth-order valence-electron chi connectivity index (χ4n) is 3.73. The van der Waals surface area contributed by atoms with E-state index in [2.05, 4.69) is 10.8 Å². The quantitative estimate of drug-likeness (QED) is 0.350. The van der Waals surface area contributed by atoms with Crippen LogP contribution in [0, 0.1) is 11.3 Å². The number of carbonyl (C=O) groups is 1. The molecule has 0 amide bonds. The second kappa shape index (κ2) is 11.0. The largest absolute Gasteiger partial charge is 0.492 e. The number of benzene rings is 2. The summed E-state index contributed by atoms with van der Waals surface area (Å²) in [6.45, 7) is 4.13. The first-order valence-corrected chi connectivity index (χ1v) is 12.4. The van der Waals surface area contributed by atoms with E-state index < -0.39 is 16.0 Å². The van der Waals surface area contributed by atoms with E-state index in [1.165, 1.54) is 12.1 Å². The summed E-state index contributed by atoms with van der Waals surface area (Å²) >= 11 is 0. The summed E-state index contributed by atoms with van der Waals surface area (Å²) in [6, 6.07) is 17.3. The van der Waals surface area contributed by atoms with Gasteiger partial charge in [0.2, 0.25) is 10.0 Å². The first kappa shape index (κ1) is 25.0. The van der Waals surface area contributed by atoms with Crippen LogP contribution in [0.2, 0.25) is 0 Å². The van der Waals surface area contributed by atoms with Gasteiger partial charge < -0.3 is 14.0 Å². The molecule has 1 heterocycles. The number of nitrogens with one attached hydrogen (secondary N) is 1. The highest BCUT2D eigenvalue weighted by atomic mass is 32.2. The van der Waals surface area contributed by atoms with Gasteiger partial charge in [0.15, 0.2) is 0 Å². The lowest BCUT2D eigenvalue weighted by molar-refractivity contribution is 0.0516. The van der Waals surface area contributed by atoms with E-state index >= 15 is 0 Å². The molecule has 1 N–H and O–H groups in total. The Morgan fingerprint density at radius 2 is 1.76 bits per heavy atom. The van der Waals surface area contributed by atoms with Gasteiger partial charge in [-0.25, -0.2) is 17.9 Å². The Hall–Kier alpha value is -3.61. The highest BCUT2D eigenvalue weighted by Gasteiger charge is 2.26. The van der Waals surface area contributed by atoms with Gasteiger partial charge in [0, 0.05) is 24.8 Å². The van der Waals surface area contributed by atoms with Gasteiger partial charge in [0.25, 0.3) is 0 Å². The standard InChI is InChI=1S/C25H27N3O5S/c1-4-22-21(17-26)23(24(28(22)3)25(29)32-5-2)18-11-13-19(14-12-18)33-16-15-27-34(30,31)20-9-7-6-8-10-20/h6-14,27H,4-5,15-16H2,1-3H3. The van der Waals surface area contributed by atoms with Crippen molar-refractivity contribution in [1.82, 2.24) is 9.29 Å². The van der Waals surface area contributed by atoms with Gasteiger partial charge >= 0.3 is 5.97 Å². The van der Waals surface area contributed by atoms with Crippen LogP contribution >= 0.6 is 0 Å². The lowest BCUT2D eigenvalue weighted by Gasteiger charge is -2.10. The number of ether oxygens (including phenoxy) is 2. The molecule has 0 aliphatic heterocycles. The molecule has 0 spiro atoms. The molecular weight excluding hydrogens is 454 g/mol. The Bertz CT molecular complexity index is 1290. The molecule has 0 saturated carbocycles. The Morgan fingerprint density at radius 3 is 2.35 bits per heavy atom. The summed E-state index contributed by atoms with van der Waals surface area (Å²) in [5.74, 6) is 0.0488. The molecule has 9 heteroatoms. The van der Waals surface area contributed by atoms with Crippen LogP contribution in [0.25, 0.3) is 11.1 Å². The molecule has 0 aliphatic rings. The van der Waals surface area contributed by atoms with Gasteiger partial charge in [-0.15, -0.1) is 0 Å². The molecule has 0 saturated heterocycles. The zero-order valence-electron chi connectivity index (χ0n) is 19.4. The van der Waals surface area contributed by atoms with Crippen molar-refractivity contribution >= 4 is 16.0 Å². The van der Waals surface area contributed by atoms with Gasteiger partial charge in [-0.3, -0.25) is 0 Å². The molecule has 0 bridgehead atoms. The van der Waals surface area contributed by atoms with E-state index in [1.807, 2.05) is 6.92 Å². The topological polar surface area (TPSA) is 110 Å². The second-order valence-electron chi connectivity index (χ2n) is 7.37. The SMILES string of the molecule is CCOC(=O)c1c(-c2ccc(OCCNS(=O)(=O)c3ccccc3)cc2)c(C#N)c(CC)n1C. The van der Waals surface area contributed by atoms with E-state index in [-0.39, 0.29) is 24.7 Å². The van der Waals surface area contributed by atoms with E-state index in [0.717, 1.165) is 5.69 Å². The Morgan fingerprint density at radius 1 is 1.09 bits per heavy atom. The molecule has 0 atom stereocenters. The van der Waals surface area contributed by atoms with Crippen molar-refractivity contribution in [2.45, 2.75) is 25.2 Å². The van der Waals surface area contributed by atoms with E-state index in [0.29, 0.717) is 34.6 Å². The zero-order valence-corrected chi connectivity index (χ0v) is 20.2. The molecule has 0 unspecified atom stereocenters. The third-order valence-corrected chi connectivity index (χ3v) is 6.77. The Kier molecular flexibility index (Phi) is 8.10. The molecule has 3 rings (SSSR count). The van der Waals surface area contributed by atoms with E-state index in [9.17, 15) is 18.5 Å². The molecule has 8 nitrogen and oxygen atoms in total.